The molecule has 0 aliphatic carbocycles. The molecule has 0 aliphatic heterocycles. The maximum absolute atomic E-state index is 11.6. The van der Waals surface area contributed by atoms with Crippen LogP contribution < -0.4 is 9.80 Å². The third-order valence-corrected chi connectivity index (χ3v) is 8.15. The standard InChI is InChI=1S/C11H16BrNO2S.C11H17NO2S/c1-5-13(6-2)10-7(3)8(9(12)16-10)11(14)15-4;1-5-12(6-2)10-8(3)9(7-15-10)11(13)14-4/h5-6H2,1-4H3;7H,5-6H2,1-4H3. The van der Waals surface area contributed by atoms with Gasteiger partial charge in [0.1, 0.15) is 0 Å². The average molecular weight is 534 g/mol. The van der Waals surface area contributed by atoms with Crippen molar-refractivity contribution in [3.05, 3.63) is 31.4 Å². The molecule has 2 rings (SSSR count). The van der Waals surface area contributed by atoms with E-state index in [0.29, 0.717) is 11.1 Å². The van der Waals surface area contributed by atoms with E-state index in [4.69, 9.17) is 9.47 Å². The summed E-state index contributed by atoms with van der Waals surface area (Å²) in [5.41, 5.74) is 3.35. The Bertz CT molecular complexity index is 871. The predicted molar refractivity (Wildman–Crippen MR) is 136 cm³/mol. The molecule has 174 valence electrons. The van der Waals surface area contributed by atoms with Crippen molar-refractivity contribution in [1.82, 2.24) is 0 Å². The molecule has 0 N–H and O–H groups in total. The van der Waals surface area contributed by atoms with Crippen molar-refractivity contribution in [2.24, 2.45) is 0 Å². The van der Waals surface area contributed by atoms with Crippen molar-refractivity contribution >= 4 is 60.5 Å². The molecule has 2 aromatic rings. The molecule has 9 heteroatoms. The number of thiophene rings is 2. The van der Waals surface area contributed by atoms with Crippen LogP contribution in [-0.2, 0) is 9.47 Å². The van der Waals surface area contributed by atoms with Gasteiger partial charge in [0.25, 0.3) is 0 Å². The number of anilines is 2. The molecule has 31 heavy (non-hydrogen) atoms. The Morgan fingerprint density at radius 1 is 0.871 bits per heavy atom. The summed E-state index contributed by atoms with van der Waals surface area (Å²) in [6, 6.07) is 0. The molecule has 0 spiro atoms. The van der Waals surface area contributed by atoms with E-state index in [1.165, 1.54) is 19.2 Å². The molecule has 0 fully saturated rings. The minimum absolute atomic E-state index is 0.248. The van der Waals surface area contributed by atoms with Gasteiger partial charge in [-0.15, -0.1) is 22.7 Å². The maximum Gasteiger partial charge on any atom is 0.340 e. The second-order valence-electron chi connectivity index (χ2n) is 6.59. The third-order valence-electron chi connectivity index (χ3n) is 4.99. The number of hydrogen-bond acceptors (Lipinski definition) is 8. The van der Waals surface area contributed by atoms with Gasteiger partial charge < -0.3 is 19.3 Å². The number of ether oxygens (including phenoxy) is 2. The number of hydrogen-bond donors (Lipinski definition) is 0. The van der Waals surface area contributed by atoms with Crippen molar-refractivity contribution in [3.63, 3.8) is 0 Å². The predicted octanol–water partition coefficient (Wildman–Crippen LogP) is 6.14. The molecule has 0 amide bonds. The van der Waals surface area contributed by atoms with Crippen LogP contribution in [0.4, 0.5) is 10.0 Å². The lowest BCUT2D eigenvalue weighted by Gasteiger charge is -2.19. The van der Waals surface area contributed by atoms with Gasteiger partial charge in [-0.25, -0.2) is 9.59 Å². The van der Waals surface area contributed by atoms with Gasteiger partial charge >= 0.3 is 11.9 Å². The van der Waals surface area contributed by atoms with Crippen molar-refractivity contribution in [3.8, 4) is 0 Å². The first kappa shape index (κ1) is 27.5. The summed E-state index contributed by atoms with van der Waals surface area (Å²) in [4.78, 5) is 27.5. The number of nitrogens with zero attached hydrogens (tertiary/aromatic N) is 2. The van der Waals surface area contributed by atoms with Crippen LogP contribution in [0.5, 0.6) is 0 Å². The Hall–Kier alpha value is -1.58. The van der Waals surface area contributed by atoms with Crippen molar-refractivity contribution in [1.29, 1.82) is 0 Å². The molecule has 2 aromatic heterocycles. The minimum Gasteiger partial charge on any atom is -0.465 e. The van der Waals surface area contributed by atoms with E-state index in [9.17, 15) is 9.59 Å². The lowest BCUT2D eigenvalue weighted by molar-refractivity contribution is 0.0591. The second kappa shape index (κ2) is 13.1. The van der Waals surface area contributed by atoms with E-state index in [1.807, 2.05) is 19.2 Å². The van der Waals surface area contributed by atoms with Gasteiger partial charge in [0, 0.05) is 31.6 Å². The lowest BCUT2D eigenvalue weighted by Crippen LogP contribution is -2.21. The first-order valence-electron chi connectivity index (χ1n) is 10.2. The molecule has 0 bridgehead atoms. The Morgan fingerprint density at radius 2 is 1.35 bits per heavy atom. The average Bonchev–Trinajstić information content (AvgIpc) is 3.29. The van der Waals surface area contributed by atoms with E-state index >= 15 is 0 Å². The van der Waals surface area contributed by atoms with Crippen molar-refractivity contribution < 1.29 is 19.1 Å². The number of carbonyl (C=O) groups excluding carboxylic acids is 2. The quantitative estimate of drug-likeness (QED) is 0.380. The SMILES string of the molecule is CCN(CC)c1sc(Br)c(C(=O)OC)c1C.CCN(CC)c1scc(C(=O)OC)c1C. The summed E-state index contributed by atoms with van der Waals surface area (Å²) < 4.78 is 10.4. The zero-order valence-electron chi connectivity index (χ0n) is 19.6. The van der Waals surface area contributed by atoms with E-state index in [-0.39, 0.29) is 11.9 Å². The van der Waals surface area contributed by atoms with Crippen molar-refractivity contribution in [2.45, 2.75) is 41.5 Å². The summed E-state index contributed by atoms with van der Waals surface area (Å²) in [6.45, 7) is 16.1. The number of halogens is 1. The van der Waals surface area contributed by atoms with Crippen LogP contribution in [0.25, 0.3) is 0 Å². The molecule has 0 aromatic carbocycles. The Balaban J connectivity index is 0.000000311. The summed E-state index contributed by atoms with van der Waals surface area (Å²) in [5.74, 6) is -0.527. The molecule has 0 saturated heterocycles. The highest BCUT2D eigenvalue weighted by Crippen LogP contribution is 2.39. The third kappa shape index (κ3) is 6.46. The Morgan fingerprint density at radius 3 is 1.81 bits per heavy atom. The molecule has 0 atom stereocenters. The number of carbonyl (C=O) groups is 2. The zero-order chi connectivity index (χ0) is 23.7. The van der Waals surface area contributed by atoms with Gasteiger partial charge in [0.15, 0.2) is 0 Å². The fourth-order valence-corrected chi connectivity index (χ4v) is 6.42. The summed E-state index contributed by atoms with van der Waals surface area (Å²) in [7, 11) is 2.82. The van der Waals surface area contributed by atoms with Crippen LogP contribution in [-0.4, -0.2) is 52.3 Å². The first-order chi connectivity index (χ1) is 14.7. The Kier molecular flexibility index (Phi) is 11.6. The summed E-state index contributed by atoms with van der Waals surface area (Å²) in [5, 5.41) is 4.17. The number of esters is 2. The second-order valence-corrected chi connectivity index (χ2v) is 9.76. The van der Waals surface area contributed by atoms with E-state index in [2.05, 4.69) is 53.4 Å². The van der Waals surface area contributed by atoms with Gasteiger partial charge in [-0.2, -0.15) is 0 Å². The lowest BCUT2D eigenvalue weighted by atomic mass is 10.2. The van der Waals surface area contributed by atoms with Crippen molar-refractivity contribution in [2.75, 3.05) is 50.2 Å². The highest BCUT2D eigenvalue weighted by atomic mass is 79.9. The Labute approximate surface area is 202 Å². The topological polar surface area (TPSA) is 59.1 Å². The first-order valence-corrected chi connectivity index (χ1v) is 12.7. The van der Waals surface area contributed by atoms with E-state index in [1.54, 1.807) is 22.7 Å². The molecule has 0 radical (unpaired) electrons. The number of rotatable bonds is 8. The zero-order valence-corrected chi connectivity index (χ0v) is 22.8. The molecule has 2 heterocycles. The van der Waals surface area contributed by atoms with Crippen LogP contribution in [0.3, 0.4) is 0 Å². The fraction of sp³-hybridized carbons (Fsp3) is 0.545. The molecule has 0 saturated carbocycles. The normalized spacial score (nSPS) is 10.2. The molecule has 6 nitrogen and oxygen atoms in total. The number of methoxy groups -OCH3 is 2. The van der Waals surface area contributed by atoms with Gasteiger partial charge in [-0.1, -0.05) is 0 Å². The molecule has 0 aliphatic rings. The largest absolute Gasteiger partial charge is 0.465 e. The van der Waals surface area contributed by atoms with Crippen LogP contribution in [0, 0.1) is 13.8 Å². The van der Waals surface area contributed by atoms with Gasteiger partial charge in [-0.3, -0.25) is 0 Å². The van der Waals surface area contributed by atoms with Crippen LogP contribution >= 0.6 is 38.6 Å². The van der Waals surface area contributed by atoms with E-state index < -0.39 is 0 Å². The van der Waals surface area contributed by atoms with Gasteiger partial charge in [-0.05, 0) is 68.6 Å². The van der Waals surface area contributed by atoms with Gasteiger partial charge in [0.05, 0.1) is 39.1 Å². The smallest absolute Gasteiger partial charge is 0.340 e. The monoisotopic (exact) mass is 532 g/mol. The summed E-state index contributed by atoms with van der Waals surface area (Å²) >= 11 is 6.61. The minimum atomic E-state index is -0.279. The molecule has 0 unspecified atom stereocenters. The fourth-order valence-electron chi connectivity index (χ4n) is 3.16. The van der Waals surface area contributed by atoms with Crippen LogP contribution in [0.1, 0.15) is 59.5 Å². The van der Waals surface area contributed by atoms with Gasteiger partial charge in [0.2, 0.25) is 0 Å². The van der Waals surface area contributed by atoms with Crippen LogP contribution in [0.15, 0.2) is 9.17 Å². The molecular weight excluding hydrogens is 500 g/mol. The van der Waals surface area contributed by atoms with E-state index in [0.717, 1.165) is 46.1 Å². The highest BCUT2D eigenvalue weighted by Gasteiger charge is 2.22. The summed E-state index contributed by atoms with van der Waals surface area (Å²) in [6.07, 6.45) is 0. The maximum atomic E-state index is 11.6. The van der Waals surface area contributed by atoms with Crippen LogP contribution in [0.2, 0.25) is 0 Å². The molecular formula is C22H33BrN2O4S2. The highest BCUT2D eigenvalue weighted by molar-refractivity contribution is 9.11.